The van der Waals surface area contributed by atoms with Gasteiger partial charge in [0.05, 0.1) is 12.5 Å². The second kappa shape index (κ2) is 6.22. The van der Waals surface area contributed by atoms with Crippen LogP contribution in [0.15, 0.2) is 23.0 Å². The highest BCUT2D eigenvalue weighted by atomic mass is 16.3. The van der Waals surface area contributed by atoms with Crippen LogP contribution in [0.4, 0.5) is 0 Å². The van der Waals surface area contributed by atoms with Gasteiger partial charge in [0.1, 0.15) is 0 Å². The van der Waals surface area contributed by atoms with Crippen molar-refractivity contribution in [3.63, 3.8) is 0 Å². The smallest absolute Gasteiger partial charge is 0.0947 e. The average Bonchev–Trinajstić information content (AvgIpc) is 2.83. The molecule has 0 spiro atoms. The van der Waals surface area contributed by atoms with Crippen molar-refractivity contribution in [2.45, 2.75) is 51.2 Å². The molecule has 1 aliphatic rings. The van der Waals surface area contributed by atoms with Gasteiger partial charge in [-0.1, -0.05) is 6.92 Å². The van der Waals surface area contributed by atoms with Crippen LogP contribution in [0.5, 0.6) is 0 Å². The number of nitrogens with zero attached hydrogens (tertiary/aromatic N) is 1. The highest BCUT2D eigenvalue weighted by molar-refractivity contribution is 5.05. The lowest BCUT2D eigenvalue weighted by atomic mass is 9.90. The van der Waals surface area contributed by atoms with E-state index in [1.807, 2.05) is 6.26 Å². The summed E-state index contributed by atoms with van der Waals surface area (Å²) < 4.78 is 5.12. The molecule has 0 amide bonds. The maximum absolute atomic E-state index is 5.12. The van der Waals surface area contributed by atoms with Crippen LogP contribution >= 0.6 is 0 Å². The molecule has 0 bridgehead atoms. The number of rotatable bonds is 5. The van der Waals surface area contributed by atoms with Crippen molar-refractivity contribution in [2.75, 3.05) is 13.6 Å². The van der Waals surface area contributed by atoms with Gasteiger partial charge < -0.3 is 9.73 Å². The first kappa shape index (κ1) is 12.7. The molecule has 0 radical (unpaired) electrons. The lowest BCUT2D eigenvalue weighted by molar-refractivity contribution is 0.168. The average molecular weight is 236 g/mol. The predicted octanol–water partition coefficient (Wildman–Crippen LogP) is 2.63. The van der Waals surface area contributed by atoms with Crippen molar-refractivity contribution in [1.82, 2.24) is 10.2 Å². The topological polar surface area (TPSA) is 28.4 Å². The summed E-state index contributed by atoms with van der Waals surface area (Å²) in [6, 6.07) is 3.54. The molecule has 96 valence electrons. The van der Waals surface area contributed by atoms with E-state index in [1.54, 1.807) is 6.26 Å². The van der Waals surface area contributed by atoms with Crippen molar-refractivity contribution in [3.8, 4) is 0 Å². The Balaban J connectivity index is 1.76. The van der Waals surface area contributed by atoms with Gasteiger partial charge >= 0.3 is 0 Å². The van der Waals surface area contributed by atoms with E-state index in [0.717, 1.165) is 25.2 Å². The van der Waals surface area contributed by atoms with Crippen molar-refractivity contribution in [1.29, 1.82) is 0 Å². The van der Waals surface area contributed by atoms with E-state index < -0.39 is 0 Å². The van der Waals surface area contributed by atoms with Gasteiger partial charge in [0, 0.05) is 24.2 Å². The molecule has 3 heteroatoms. The minimum atomic E-state index is 0.736. The van der Waals surface area contributed by atoms with E-state index in [1.165, 1.54) is 31.2 Å². The monoisotopic (exact) mass is 236 g/mol. The third kappa shape index (κ3) is 3.58. The SMILES string of the molecule is CCNC1CCC(N(C)Cc2ccoc2)CC1. The molecule has 1 aromatic heterocycles. The van der Waals surface area contributed by atoms with Crippen LogP contribution in [0, 0.1) is 0 Å². The van der Waals surface area contributed by atoms with Gasteiger partial charge in [-0.05, 0) is 45.3 Å². The summed E-state index contributed by atoms with van der Waals surface area (Å²) in [5, 5.41) is 3.56. The summed E-state index contributed by atoms with van der Waals surface area (Å²) in [6.45, 7) is 4.30. The second-order valence-electron chi connectivity index (χ2n) is 5.11. The number of hydrogen-bond acceptors (Lipinski definition) is 3. The fourth-order valence-electron chi connectivity index (χ4n) is 2.81. The first-order valence-corrected chi connectivity index (χ1v) is 6.74. The van der Waals surface area contributed by atoms with Crippen LogP contribution in [0.2, 0.25) is 0 Å². The number of hydrogen-bond donors (Lipinski definition) is 1. The molecule has 0 saturated heterocycles. The van der Waals surface area contributed by atoms with Crippen LogP contribution in [-0.4, -0.2) is 30.6 Å². The van der Waals surface area contributed by atoms with Gasteiger partial charge in [0.25, 0.3) is 0 Å². The second-order valence-corrected chi connectivity index (χ2v) is 5.11. The molecule has 0 aromatic carbocycles. The zero-order chi connectivity index (χ0) is 12.1. The molecular weight excluding hydrogens is 212 g/mol. The van der Waals surface area contributed by atoms with Crippen LogP contribution in [0.25, 0.3) is 0 Å². The molecule has 1 heterocycles. The molecule has 0 unspecified atom stereocenters. The Kier molecular flexibility index (Phi) is 4.63. The highest BCUT2D eigenvalue weighted by Gasteiger charge is 2.23. The molecule has 1 fully saturated rings. The fourth-order valence-corrected chi connectivity index (χ4v) is 2.81. The van der Waals surface area contributed by atoms with E-state index in [-0.39, 0.29) is 0 Å². The zero-order valence-electron chi connectivity index (χ0n) is 11.0. The molecule has 3 nitrogen and oxygen atoms in total. The molecule has 2 rings (SSSR count). The molecular formula is C14H24N2O. The summed E-state index contributed by atoms with van der Waals surface area (Å²) >= 11 is 0. The van der Waals surface area contributed by atoms with E-state index in [2.05, 4.69) is 30.3 Å². The molecule has 1 saturated carbocycles. The van der Waals surface area contributed by atoms with E-state index >= 15 is 0 Å². The maximum atomic E-state index is 5.12. The Labute approximate surface area is 104 Å². The van der Waals surface area contributed by atoms with Crippen molar-refractivity contribution in [2.24, 2.45) is 0 Å². The lowest BCUT2D eigenvalue weighted by Crippen LogP contribution is -2.40. The van der Waals surface area contributed by atoms with E-state index in [4.69, 9.17) is 4.42 Å². The molecule has 1 aromatic rings. The van der Waals surface area contributed by atoms with Gasteiger partial charge in [0.15, 0.2) is 0 Å². The summed E-state index contributed by atoms with van der Waals surface area (Å²) in [7, 11) is 2.23. The maximum Gasteiger partial charge on any atom is 0.0947 e. The van der Waals surface area contributed by atoms with Crippen LogP contribution in [0.1, 0.15) is 38.2 Å². The highest BCUT2D eigenvalue weighted by Crippen LogP contribution is 2.23. The van der Waals surface area contributed by atoms with Gasteiger partial charge in [-0.2, -0.15) is 0 Å². The minimum Gasteiger partial charge on any atom is -0.472 e. The Morgan fingerprint density at radius 1 is 1.35 bits per heavy atom. The van der Waals surface area contributed by atoms with E-state index in [0.29, 0.717) is 0 Å². The Morgan fingerprint density at radius 2 is 2.12 bits per heavy atom. The summed E-state index contributed by atoms with van der Waals surface area (Å²) in [5.74, 6) is 0. The fraction of sp³-hybridized carbons (Fsp3) is 0.714. The van der Waals surface area contributed by atoms with Gasteiger partial charge in [-0.25, -0.2) is 0 Å². The molecule has 17 heavy (non-hydrogen) atoms. The normalized spacial score (nSPS) is 25.4. The first-order valence-electron chi connectivity index (χ1n) is 6.74. The van der Waals surface area contributed by atoms with Crippen LogP contribution < -0.4 is 5.32 Å². The summed E-state index contributed by atoms with van der Waals surface area (Å²) in [5.41, 5.74) is 1.28. The minimum absolute atomic E-state index is 0.736. The number of nitrogens with one attached hydrogen (secondary N) is 1. The number of furan rings is 1. The van der Waals surface area contributed by atoms with Crippen LogP contribution in [-0.2, 0) is 6.54 Å². The Morgan fingerprint density at radius 3 is 2.71 bits per heavy atom. The molecule has 0 atom stereocenters. The van der Waals surface area contributed by atoms with Crippen molar-refractivity contribution >= 4 is 0 Å². The molecule has 0 aliphatic heterocycles. The van der Waals surface area contributed by atoms with Crippen molar-refractivity contribution < 1.29 is 4.42 Å². The largest absolute Gasteiger partial charge is 0.472 e. The molecule has 1 aliphatic carbocycles. The predicted molar refractivity (Wildman–Crippen MR) is 69.9 cm³/mol. The third-order valence-corrected chi connectivity index (χ3v) is 3.82. The Hall–Kier alpha value is -0.800. The standard InChI is InChI=1S/C14H24N2O/c1-3-15-13-4-6-14(7-5-13)16(2)10-12-8-9-17-11-12/h8-9,11,13-15H,3-7,10H2,1-2H3. The van der Waals surface area contributed by atoms with Gasteiger partial charge in [-0.3, -0.25) is 4.90 Å². The van der Waals surface area contributed by atoms with Gasteiger partial charge in [-0.15, -0.1) is 0 Å². The Bertz CT molecular complexity index is 302. The van der Waals surface area contributed by atoms with E-state index in [9.17, 15) is 0 Å². The summed E-state index contributed by atoms with van der Waals surface area (Å²) in [4.78, 5) is 2.47. The molecule has 1 N–H and O–H groups in total. The summed E-state index contributed by atoms with van der Waals surface area (Å²) in [6.07, 6.45) is 8.85. The lowest BCUT2D eigenvalue weighted by Gasteiger charge is -2.34. The quantitative estimate of drug-likeness (QED) is 0.852. The third-order valence-electron chi connectivity index (χ3n) is 3.82. The zero-order valence-corrected chi connectivity index (χ0v) is 11.0. The van der Waals surface area contributed by atoms with Gasteiger partial charge in [0.2, 0.25) is 0 Å². The first-order chi connectivity index (χ1) is 8.29. The van der Waals surface area contributed by atoms with Crippen molar-refractivity contribution in [3.05, 3.63) is 24.2 Å². The van der Waals surface area contributed by atoms with Crippen LogP contribution in [0.3, 0.4) is 0 Å².